The molecule has 2 heteroatoms. The van der Waals surface area contributed by atoms with E-state index in [4.69, 9.17) is 4.99 Å². The monoisotopic (exact) mass is 498 g/mol. The summed E-state index contributed by atoms with van der Waals surface area (Å²) < 4.78 is 0. The van der Waals surface area contributed by atoms with Gasteiger partial charge >= 0.3 is 0 Å². The third-order valence-corrected chi connectivity index (χ3v) is 8.20. The number of hydrogen-bond acceptors (Lipinski definition) is 2. The summed E-state index contributed by atoms with van der Waals surface area (Å²) in [6, 6.07) is 46.2. The second-order valence-corrected chi connectivity index (χ2v) is 10.3. The molecular weight excluding hydrogens is 472 g/mol. The van der Waals surface area contributed by atoms with E-state index in [0.29, 0.717) is 0 Å². The van der Waals surface area contributed by atoms with Crippen LogP contribution in [-0.2, 0) is 0 Å². The highest BCUT2D eigenvalue weighted by Gasteiger charge is 2.38. The van der Waals surface area contributed by atoms with Crippen molar-refractivity contribution in [3.8, 4) is 22.3 Å². The predicted molar refractivity (Wildman–Crippen MR) is 165 cm³/mol. The summed E-state index contributed by atoms with van der Waals surface area (Å²) in [6.07, 6.45) is 6.33. The number of rotatable bonds is 3. The lowest BCUT2D eigenvalue weighted by atomic mass is 9.85. The Morgan fingerprint density at radius 1 is 0.538 bits per heavy atom. The van der Waals surface area contributed by atoms with E-state index in [1.165, 1.54) is 60.7 Å². The molecule has 0 spiro atoms. The van der Waals surface area contributed by atoms with Crippen LogP contribution < -0.4 is 4.90 Å². The van der Waals surface area contributed by atoms with E-state index in [1.54, 1.807) is 0 Å². The normalized spacial score (nSPS) is 17.5. The predicted octanol–water partition coefficient (Wildman–Crippen LogP) is 9.53. The Balaban J connectivity index is 1.47. The molecule has 0 aromatic heterocycles. The molecule has 0 N–H and O–H groups in total. The van der Waals surface area contributed by atoms with Gasteiger partial charge in [0.05, 0.1) is 0 Å². The number of anilines is 2. The molecule has 6 aromatic carbocycles. The molecule has 0 fully saturated rings. The number of fused-ring (bicyclic) bond motifs is 5. The highest BCUT2D eigenvalue weighted by Crippen LogP contribution is 2.50. The maximum atomic E-state index is 4.95. The largest absolute Gasteiger partial charge is 0.318 e. The van der Waals surface area contributed by atoms with Gasteiger partial charge in [0.25, 0.3) is 0 Å². The zero-order valence-electron chi connectivity index (χ0n) is 21.4. The van der Waals surface area contributed by atoms with Crippen molar-refractivity contribution in [2.24, 2.45) is 4.99 Å². The molecule has 2 nitrogen and oxygen atoms in total. The Morgan fingerprint density at radius 3 is 1.85 bits per heavy atom. The molecule has 2 atom stereocenters. The smallest absolute Gasteiger partial charge is 0.135 e. The molecule has 0 saturated heterocycles. The van der Waals surface area contributed by atoms with Gasteiger partial charge in [-0.3, -0.25) is 4.99 Å². The minimum absolute atomic E-state index is 0.0269. The summed E-state index contributed by atoms with van der Waals surface area (Å²) in [5.74, 6) is 0.256. The molecule has 0 aliphatic carbocycles. The number of dihydropyridines is 1. The molecule has 0 radical (unpaired) electrons. The van der Waals surface area contributed by atoms with Gasteiger partial charge in [-0.1, -0.05) is 115 Å². The van der Waals surface area contributed by atoms with E-state index in [9.17, 15) is 0 Å². The molecule has 39 heavy (non-hydrogen) atoms. The number of benzene rings is 6. The molecule has 8 rings (SSSR count). The lowest BCUT2D eigenvalue weighted by Crippen LogP contribution is -2.29. The van der Waals surface area contributed by atoms with Crippen molar-refractivity contribution in [3.63, 3.8) is 0 Å². The summed E-state index contributed by atoms with van der Waals surface area (Å²) in [4.78, 5) is 7.38. The SMILES string of the molecule is C1=CC2c3ccccc3N(c3ccc4c(-c5ccccc5)c5ccccc5c(-c5ccccc5)c4c3)C2N=C1. The van der Waals surface area contributed by atoms with Gasteiger partial charge in [-0.15, -0.1) is 0 Å². The first-order valence-electron chi connectivity index (χ1n) is 13.6. The van der Waals surface area contributed by atoms with Crippen molar-refractivity contribution < 1.29 is 0 Å². The topological polar surface area (TPSA) is 15.6 Å². The Hall–Kier alpha value is -4.95. The van der Waals surface area contributed by atoms with Crippen LogP contribution in [0.15, 0.2) is 145 Å². The average Bonchev–Trinajstić information content (AvgIpc) is 3.35. The number of nitrogens with zero attached hydrogens (tertiary/aromatic N) is 2. The second-order valence-electron chi connectivity index (χ2n) is 10.3. The first kappa shape index (κ1) is 22.1. The van der Waals surface area contributed by atoms with Crippen LogP contribution in [-0.4, -0.2) is 12.4 Å². The summed E-state index contributed by atoms with van der Waals surface area (Å²) in [5.41, 5.74) is 8.77. The number of allylic oxidation sites excluding steroid dienone is 1. The minimum atomic E-state index is 0.0269. The third-order valence-electron chi connectivity index (χ3n) is 8.20. The van der Waals surface area contributed by atoms with E-state index >= 15 is 0 Å². The highest BCUT2D eigenvalue weighted by atomic mass is 15.3. The van der Waals surface area contributed by atoms with Gasteiger partial charge in [-0.2, -0.15) is 0 Å². The third kappa shape index (κ3) is 3.38. The summed E-state index contributed by atoms with van der Waals surface area (Å²) >= 11 is 0. The van der Waals surface area contributed by atoms with Crippen molar-refractivity contribution in [1.29, 1.82) is 0 Å². The molecule has 2 aliphatic heterocycles. The van der Waals surface area contributed by atoms with Crippen LogP contribution in [0.25, 0.3) is 43.8 Å². The van der Waals surface area contributed by atoms with Crippen molar-refractivity contribution in [3.05, 3.63) is 145 Å². The van der Waals surface area contributed by atoms with Crippen LogP contribution in [0.1, 0.15) is 11.5 Å². The van der Waals surface area contributed by atoms with Crippen molar-refractivity contribution in [1.82, 2.24) is 0 Å². The minimum Gasteiger partial charge on any atom is -0.318 e. The van der Waals surface area contributed by atoms with E-state index in [2.05, 4.69) is 144 Å². The van der Waals surface area contributed by atoms with E-state index in [-0.39, 0.29) is 12.1 Å². The Morgan fingerprint density at radius 2 is 1.13 bits per heavy atom. The fraction of sp³-hybridized carbons (Fsp3) is 0.0541. The number of hydrogen-bond donors (Lipinski definition) is 0. The van der Waals surface area contributed by atoms with Crippen molar-refractivity contribution in [2.45, 2.75) is 12.1 Å². The zero-order chi connectivity index (χ0) is 25.8. The molecule has 184 valence electrons. The van der Waals surface area contributed by atoms with Crippen molar-refractivity contribution >= 4 is 39.1 Å². The Bertz CT molecular complexity index is 1920. The molecular formula is C37H26N2. The lowest BCUT2D eigenvalue weighted by molar-refractivity contribution is 0.659. The molecule has 2 unspecified atom stereocenters. The van der Waals surface area contributed by atoms with Crippen LogP contribution in [0.5, 0.6) is 0 Å². The van der Waals surface area contributed by atoms with E-state index in [1.807, 2.05) is 6.21 Å². The Kier molecular flexibility index (Phi) is 4.99. The van der Waals surface area contributed by atoms with Gasteiger partial charge in [0.1, 0.15) is 6.17 Å². The van der Waals surface area contributed by atoms with E-state index < -0.39 is 0 Å². The highest BCUT2D eigenvalue weighted by molar-refractivity contribution is 6.22. The van der Waals surface area contributed by atoms with Crippen molar-refractivity contribution in [2.75, 3.05) is 4.90 Å². The summed E-state index contributed by atoms with van der Waals surface area (Å²) in [6.45, 7) is 0. The van der Waals surface area contributed by atoms with Crippen LogP contribution in [0, 0.1) is 0 Å². The van der Waals surface area contributed by atoms with Gasteiger partial charge in [-0.25, -0.2) is 0 Å². The number of para-hydroxylation sites is 1. The molecule has 0 saturated carbocycles. The van der Waals surface area contributed by atoms with Crippen LogP contribution in [0.3, 0.4) is 0 Å². The molecule has 2 heterocycles. The van der Waals surface area contributed by atoms with Gasteiger partial charge in [0.2, 0.25) is 0 Å². The molecule has 0 bridgehead atoms. The first-order valence-corrected chi connectivity index (χ1v) is 13.6. The maximum Gasteiger partial charge on any atom is 0.135 e. The number of aliphatic imine (C=N–C) groups is 1. The quantitative estimate of drug-likeness (QED) is 0.222. The maximum absolute atomic E-state index is 4.95. The summed E-state index contributed by atoms with van der Waals surface area (Å²) in [5, 5.41) is 5.06. The Labute approximate surface area is 228 Å². The van der Waals surface area contributed by atoms with Gasteiger partial charge in [0.15, 0.2) is 0 Å². The fourth-order valence-electron chi connectivity index (χ4n) is 6.56. The average molecular weight is 499 g/mol. The molecule has 6 aromatic rings. The molecule has 2 aliphatic rings. The van der Waals surface area contributed by atoms with Crippen LogP contribution in [0.4, 0.5) is 11.4 Å². The lowest BCUT2D eigenvalue weighted by Gasteiger charge is -2.28. The molecule has 0 amide bonds. The zero-order valence-corrected chi connectivity index (χ0v) is 21.4. The second kappa shape index (κ2) is 8.82. The van der Waals surface area contributed by atoms with E-state index in [0.717, 1.165) is 0 Å². The fourth-order valence-corrected chi connectivity index (χ4v) is 6.56. The summed E-state index contributed by atoms with van der Waals surface area (Å²) in [7, 11) is 0. The van der Waals surface area contributed by atoms with Gasteiger partial charge in [-0.05, 0) is 73.6 Å². The standard InChI is InChI=1S/C37H26N2/c1-3-12-25(13-4-1)35-29-17-7-8-18-30(29)36(26-14-5-2-6-15-26)33-24-27(21-22-31(33)35)39-34-20-10-9-16-28(34)32-19-11-23-38-37(32)39/h1-24,32,37H. The van der Waals surface area contributed by atoms with Gasteiger partial charge < -0.3 is 4.90 Å². The first-order chi connectivity index (χ1) is 19.4. The van der Waals surface area contributed by atoms with Crippen LogP contribution >= 0.6 is 0 Å². The van der Waals surface area contributed by atoms with Crippen LogP contribution in [0.2, 0.25) is 0 Å². The van der Waals surface area contributed by atoms with Gasteiger partial charge in [0, 0.05) is 23.5 Å².